The van der Waals surface area contributed by atoms with E-state index in [0.29, 0.717) is 17.1 Å². The molecule has 6 nitrogen and oxygen atoms in total. The van der Waals surface area contributed by atoms with Crippen molar-refractivity contribution in [2.75, 3.05) is 24.3 Å². The van der Waals surface area contributed by atoms with E-state index in [-0.39, 0.29) is 6.54 Å². The Balaban J connectivity index is 1.88. The van der Waals surface area contributed by atoms with Crippen LogP contribution in [-0.4, -0.2) is 25.6 Å². The van der Waals surface area contributed by atoms with Crippen LogP contribution in [0.15, 0.2) is 42.5 Å². The highest BCUT2D eigenvalue weighted by molar-refractivity contribution is 6.02. The first-order valence-corrected chi connectivity index (χ1v) is 7.55. The zero-order valence-electron chi connectivity index (χ0n) is 14.0. The summed E-state index contributed by atoms with van der Waals surface area (Å²) in [6, 6.07) is 12.3. The maximum absolute atomic E-state index is 11.9. The summed E-state index contributed by atoms with van der Waals surface area (Å²) in [6.45, 7) is 3.83. The maximum atomic E-state index is 11.9. The molecule has 0 unspecified atom stereocenters. The van der Waals surface area contributed by atoms with Gasteiger partial charge >= 0.3 is 6.03 Å². The highest BCUT2D eigenvalue weighted by Crippen LogP contribution is 2.22. The second-order valence-corrected chi connectivity index (χ2v) is 5.30. The molecule has 0 saturated heterocycles. The number of para-hydroxylation sites is 2. The van der Waals surface area contributed by atoms with Gasteiger partial charge in [0.05, 0.1) is 19.3 Å². The van der Waals surface area contributed by atoms with E-state index >= 15 is 0 Å². The number of amides is 3. The van der Waals surface area contributed by atoms with E-state index in [9.17, 15) is 9.59 Å². The summed E-state index contributed by atoms with van der Waals surface area (Å²) in [7, 11) is 1.55. The predicted octanol–water partition coefficient (Wildman–Crippen LogP) is 3.07. The van der Waals surface area contributed by atoms with Gasteiger partial charge in [0.15, 0.2) is 0 Å². The Morgan fingerprint density at radius 2 is 1.71 bits per heavy atom. The summed E-state index contributed by atoms with van der Waals surface area (Å²) in [5.74, 6) is 0.189. The molecule has 0 heterocycles. The first kappa shape index (κ1) is 17.3. The number of carbonyl (C=O) groups is 2. The minimum absolute atomic E-state index is 0.0411. The first-order valence-electron chi connectivity index (χ1n) is 7.55. The van der Waals surface area contributed by atoms with Gasteiger partial charge in [0.1, 0.15) is 5.75 Å². The van der Waals surface area contributed by atoms with Crippen molar-refractivity contribution in [2.24, 2.45) is 0 Å². The number of anilines is 2. The van der Waals surface area contributed by atoms with Crippen LogP contribution in [0.2, 0.25) is 0 Å². The lowest BCUT2D eigenvalue weighted by Gasteiger charge is -2.12. The maximum Gasteiger partial charge on any atom is 0.325 e. The third-order valence-electron chi connectivity index (χ3n) is 3.65. The molecule has 0 aliphatic carbocycles. The van der Waals surface area contributed by atoms with Crippen LogP contribution in [0.1, 0.15) is 11.1 Å². The van der Waals surface area contributed by atoms with Gasteiger partial charge in [-0.2, -0.15) is 0 Å². The quantitative estimate of drug-likeness (QED) is 0.788. The van der Waals surface area contributed by atoms with Crippen molar-refractivity contribution >= 4 is 23.3 Å². The highest BCUT2D eigenvalue weighted by atomic mass is 16.5. The molecule has 24 heavy (non-hydrogen) atoms. The van der Waals surface area contributed by atoms with Gasteiger partial charge in [0.2, 0.25) is 5.91 Å². The van der Waals surface area contributed by atoms with E-state index in [1.54, 1.807) is 25.3 Å². The monoisotopic (exact) mass is 327 g/mol. The molecule has 3 N–H and O–H groups in total. The average molecular weight is 327 g/mol. The summed E-state index contributed by atoms with van der Waals surface area (Å²) in [5.41, 5.74) is 3.40. The van der Waals surface area contributed by atoms with Crippen molar-refractivity contribution in [1.82, 2.24) is 5.32 Å². The third kappa shape index (κ3) is 4.49. The fourth-order valence-electron chi connectivity index (χ4n) is 2.18. The summed E-state index contributed by atoms with van der Waals surface area (Å²) in [6.07, 6.45) is 0. The van der Waals surface area contributed by atoms with Crippen LogP contribution in [0.4, 0.5) is 16.2 Å². The number of ether oxygens (including phenoxy) is 1. The van der Waals surface area contributed by atoms with Crippen molar-refractivity contribution in [2.45, 2.75) is 13.8 Å². The van der Waals surface area contributed by atoms with Crippen LogP contribution >= 0.6 is 0 Å². The first-order chi connectivity index (χ1) is 11.5. The average Bonchev–Trinajstić information content (AvgIpc) is 2.57. The minimum Gasteiger partial charge on any atom is -0.495 e. The van der Waals surface area contributed by atoms with Gasteiger partial charge in [-0.15, -0.1) is 0 Å². The van der Waals surface area contributed by atoms with Gasteiger partial charge in [-0.1, -0.05) is 24.3 Å². The Hall–Kier alpha value is -3.02. The number of urea groups is 1. The van der Waals surface area contributed by atoms with Crippen molar-refractivity contribution in [3.63, 3.8) is 0 Å². The Labute approximate surface area is 141 Å². The van der Waals surface area contributed by atoms with Gasteiger partial charge in [0, 0.05) is 5.69 Å². The van der Waals surface area contributed by atoms with Gasteiger partial charge in [-0.3, -0.25) is 10.1 Å². The van der Waals surface area contributed by atoms with E-state index in [0.717, 1.165) is 11.1 Å². The van der Waals surface area contributed by atoms with Crippen molar-refractivity contribution in [3.05, 3.63) is 53.6 Å². The molecular weight excluding hydrogens is 306 g/mol. The number of carbonyl (C=O) groups excluding carboxylic acids is 2. The van der Waals surface area contributed by atoms with E-state index < -0.39 is 11.9 Å². The number of hydrogen-bond donors (Lipinski definition) is 3. The lowest BCUT2D eigenvalue weighted by Crippen LogP contribution is -2.38. The number of nitrogens with one attached hydrogen (secondary N) is 3. The number of benzene rings is 2. The molecule has 2 aromatic carbocycles. The summed E-state index contributed by atoms with van der Waals surface area (Å²) >= 11 is 0. The van der Waals surface area contributed by atoms with Crippen LogP contribution in [0.3, 0.4) is 0 Å². The predicted molar refractivity (Wildman–Crippen MR) is 94.6 cm³/mol. The molecule has 126 valence electrons. The molecule has 6 heteroatoms. The smallest absolute Gasteiger partial charge is 0.325 e. The highest BCUT2D eigenvalue weighted by Gasteiger charge is 2.10. The summed E-state index contributed by atoms with van der Waals surface area (Å²) in [5, 5.41) is 7.91. The SMILES string of the molecule is COc1ccccc1NCC(=O)NC(=O)Nc1cccc(C)c1C. The molecular formula is C18H21N3O3. The number of imide groups is 1. The number of aryl methyl sites for hydroxylation is 1. The zero-order valence-corrected chi connectivity index (χ0v) is 14.0. The van der Waals surface area contributed by atoms with Crippen LogP contribution in [0.25, 0.3) is 0 Å². The van der Waals surface area contributed by atoms with Crippen molar-refractivity contribution in [1.29, 1.82) is 0 Å². The van der Waals surface area contributed by atoms with Crippen LogP contribution < -0.4 is 20.7 Å². The Morgan fingerprint density at radius 3 is 2.46 bits per heavy atom. The molecule has 0 atom stereocenters. The standard InChI is InChI=1S/C18H21N3O3/c1-12-7-6-9-14(13(12)2)20-18(23)21-17(22)11-19-15-8-4-5-10-16(15)24-3/h4-10,19H,11H2,1-3H3,(H2,20,21,22,23). The molecule has 0 saturated carbocycles. The van der Waals surface area contributed by atoms with Gasteiger partial charge in [0.25, 0.3) is 0 Å². The van der Waals surface area contributed by atoms with E-state index in [4.69, 9.17) is 4.74 Å². The molecule has 0 aliphatic rings. The van der Waals surface area contributed by atoms with E-state index in [2.05, 4.69) is 16.0 Å². The zero-order chi connectivity index (χ0) is 17.5. The van der Waals surface area contributed by atoms with Crippen LogP contribution in [0, 0.1) is 13.8 Å². The van der Waals surface area contributed by atoms with Crippen LogP contribution in [-0.2, 0) is 4.79 Å². The number of methoxy groups -OCH3 is 1. The lowest BCUT2D eigenvalue weighted by atomic mass is 10.1. The van der Waals surface area contributed by atoms with Gasteiger partial charge in [-0.25, -0.2) is 4.79 Å². The Bertz CT molecular complexity index is 744. The molecule has 2 rings (SSSR count). The molecule has 0 radical (unpaired) electrons. The molecule has 0 bridgehead atoms. The van der Waals surface area contributed by atoms with Crippen molar-refractivity contribution < 1.29 is 14.3 Å². The van der Waals surface area contributed by atoms with E-state index in [1.807, 2.05) is 38.1 Å². The van der Waals surface area contributed by atoms with Gasteiger partial charge in [-0.05, 0) is 43.2 Å². The Morgan fingerprint density at radius 1 is 1.00 bits per heavy atom. The molecule has 0 aliphatic heterocycles. The normalized spacial score (nSPS) is 9.96. The minimum atomic E-state index is -0.560. The third-order valence-corrected chi connectivity index (χ3v) is 3.65. The van der Waals surface area contributed by atoms with E-state index in [1.165, 1.54) is 0 Å². The summed E-state index contributed by atoms with van der Waals surface area (Å²) < 4.78 is 5.19. The largest absolute Gasteiger partial charge is 0.495 e. The fraction of sp³-hybridized carbons (Fsp3) is 0.222. The number of hydrogen-bond acceptors (Lipinski definition) is 4. The molecule has 0 aromatic heterocycles. The second kappa shape index (κ2) is 8.01. The Kier molecular flexibility index (Phi) is 5.78. The second-order valence-electron chi connectivity index (χ2n) is 5.30. The molecule has 0 spiro atoms. The van der Waals surface area contributed by atoms with Crippen LogP contribution in [0.5, 0.6) is 5.75 Å². The molecule has 3 amide bonds. The van der Waals surface area contributed by atoms with Crippen molar-refractivity contribution in [3.8, 4) is 5.75 Å². The van der Waals surface area contributed by atoms with Gasteiger partial charge < -0.3 is 15.4 Å². The lowest BCUT2D eigenvalue weighted by molar-refractivity contribution is -0.118. The molecule has 2 aromatic rings. The summed E-state index contributed by atoms with van der Waals surface area (Å²) in [4.78, 5) is 23.8. The molecule has 0 fully saturated rings. The number of rotatable bonds is 5. The topological polar surface area (TPSA) is 79.5 Å². The fourth-order valence-corrected chi connectivity index (χ4v) is 2.18.